The van der Waals surface area contributed by atoms with Crippen molar-refractivity contribution in [3.8, 4) is 0 Å². The summed E-state index contributed by atoms with van der Waals surface area (Å²) < 4.78 is 1.11. The van der Waals surface area contributed by atoms with Crippen LogP contribution in [-0.4, -0.2) is 12.3 Å². The molecule has 1 aromatic carbocycles. The van der Waals surface area contributed by atoms with E-state index in [-0.39, 0.29) is 5.78 Å². The van der Waals surface area contributed by atoms with Crippen LogP contribution < -0.4 is 5.32 Å². The molecule has 0 saturated heterocycles. The van der Waals surface area contributed by atoms with Gasteiger partial charge in [-0.1, -0.05) is 15.9 Å². The molecule has 3 heteroatoms. The molecule has 1 N–H and O–H groups in total. The maximum Gasteiger partial charge on any atom is 0.131 e. The maximum absolute atomic E-state index is 10.7. The van der Waals surface area contributed by atoms with Gasteiger partial charge in [0.25, 0.3) is 0 Å². The van der Waals surface area contributed by atoms with Crippen molar-refractivity contribution in [3.63, 3.8) is 0 Å². The molecule has 0 radical (unpaired) electrons. The SMILES string of the molecule is CC(=O)CCNc1ccc(Br)c(C)c1. The molecule has 0 spiro atoms. The van der Waals surface area contributed by atoms with Crippen molar-refractivity contribution in [2.24, 2.45) is 0 Å². The number of ketones is 1. The molecule has 0 saturated carbocycles. The molecule has 0 aliphatic heterocycles. The van der Waals surface area contributed by atoms with Gasteiger partial charge in [-0.05, 0) is 37.6 Å². The van der Waals surface area contributed by atoms with Crippen LogP contribution in [0.15, 0.2) is 22.7 Å². The van der Waals surface area contributed by atoms with Gasteiger partial charge in [-0.25, -0.2) is 0 Å². The number of aryl methyl sites for hydroxylation is 1. The average molecular weight is 256 g/mol. The van der Waals surface area contributed by atoms with Gasteiger partial charge in [0.1, 0.15) is 5.78 Å². The van der Waals surface area contributed by atoms with Gasteiger partial charge in [0.15, 0.2) is 0 Å². The highest BCUT2D eigenvalue weighted by Crippen LogP contribution is 2.19. The predicted molar refractivity (Wildman–Crippen MR) is 62.7 cm³/mol. The molecule has 0 aliphatic rings. The highest BCUT2D eigenvalue weighted by atomic mass is 79.9. The summed E-state index contributed by atoms with van der Waals surface area (Å²) in [7, 11) is 0. The third-order valence-electron chi connectivity index (χ3n) is 1.96. The predicted octanol–water partition coefficient (Wildman–Crippen LogP) is 3.15. The zero-order valence-electron chi connectivity index (χ0n) is 8.43. The van der Waals surface area contributed by atoms with Gasteiger partial charge in [-0.15, -0.1) is 0 Å². The first-order valence-electron chi connectivity index (χ1n) is 4.59. The second kappa shape index (κ2) is 5.15. The minimum atomic E-state index is 0.214. The Hall–Kier alpha value is -0.830. The molecule has 0 unspecified atom stereocenters. The average Bonchev–Trinajstić information content (AvgIpc) is 2.10. The van der Waals surface area contributed by atoms with E-state index >= 15 is 0 Å². The zero-order valence-corrected chi connectivity index (χ0v) is 10.0. The molecule has 0 aliphatic carbocycles. The Bertz CT molecular complexity index is 336. The first kappa shape index (κ1) is 11.2. The topological polar surface area (TPSA) is 29.1 Å². The minimum absolute atomic E-state index is 0.214. The first-order chi connectivity index (χ1) is 6.59. The third-order valence-corrected chi connectivity index (χ3v) is 2.85. The lowest BCUT2D eigenvalue weighted by molar-refractivity contribution is -0.116. The fourth-order valence-electron chi connectivity index (χ4n) is 1.14. The van der Waals surface area contributed by atoms with Crippen molar-refractivity contribution in [2.75, 3.05) is 11.9 Å². The van der Waals surface area contributed by atoms with E-state index in [9.17, 15) is 4.79 Å². The molecule has 1 aromatic rings. The van der Waals surface area contributed by atoms with Gasteiger partial charge in [-0.2, -0.15) is 0 Å². The van der Waals surface area contributed by atoms with Crippen LogP contribution in [-0.2, 0) is 4.79 Å². The molecule has 0 aromatic heterocycles. The molecule has 0 heterocycles. The normalized spacial score (nSPS) is 9.93. The number of anilines is 1. The molecule has 0 amide bonds. The van der Waals surface area contributed by atoms with Gasteiger partial charge in [0, 0.05) is 23.1 Å². The van der Waals surface area contributed by atoms with Crippen LogP contribution in [0.2, 0.25) is 0 Å². The smallest absolute Gasteiger partial charge is 0.131 e. The van der Waals surface area contributed by atoms with Crippen LogP contribution in [0, 0.1) is 6.92 Å². The highest BCUT2D eigenvalue weighted by molar-refractivity contribution is 9.10. The third kappa shape index (κ3) is 3.50. The number of rotatable bonds is 4. The summed E-state index contributed by atoms with van der Waals surface area (Å²) in [5.74, 6) is 0.214. The first-order valence-corrected chi connectivity index (χ1v) is 5.38. The highest BCUT2D eigenvalue weighted by Gasteiger charge is 1.97. The summed E-state index contributed by atoms with van der Waals surface area (Å²) >= 11 is 3.44. The Kier molecular flexibility index (Phi) is 4.14. The summed E-state index contributed by atoms with van der Waals surface area (Å²) in [5.41, 5.74) is 2.25. The number of hydrogen-bond acceptors (Lipinski definition) is 2. The van der Waals surface area contributed by atoms with Gasteiger partial charge in [0.2, 0.25) is 0 Å². The number of carbonyl (C=O) groups is 1. The number of hydrogen-bond donors (Lipinski definition) is 1. The number of benzene rings is 1. The standard InChI is InChI=1S/C11H14BrNO/c1-8-7-10(3-4-11(8)12)13-6-5-9(2)14/h3-4,7,13H,5-6H2,1-2H3. The van der Waals surface area contributed by atoms with Gasteiger partial charge in [-0.3, -0.25) is 4.79 Å². The number of Topliss-reactive ketones (excluding diaryl/α,β-unsaturated/α-hetero) is 1. The lowest BCUT2D eigenvalue weighted by atomic mass is 10.2. The van der Waals surface area contributed by atoms with Crippen LogP contribution in [0.25, 0.3) is 0 Å². The van der Waals surface area contributed by atoms with Crippen molar-refractivity contribution >= 4 is 27.4 Å². The quantitative estimate of drug-likeness (QED) is 0.896. The Labute approximate surface area is 92.8 Å². The van der Waals surface area contributed by atoms with E-state index in [1.807, 2.05) is 19.1 Å². The molecule has 0 fully saturated rings. The van der Waals surface area contributed by atoms with E-state index in [0.717, 1.165) is 10.2 Å². The number of carbonyl (C=O) groups excluding carboxylic acids is 1. The van der Waals surface area contributed by atoms with Crippen LogP contribution in [0.4, 0.5) is 5.69 Å². The van der Waals surface area contributed by atoms with E-state index in [2.05, 4.69) is 27.3 Å². The molecule has 0 bridgehead atoms. The lowest BCUT2D eigenvalue weighted by Gasteiger charge is -2.06. The number of halogens is 1. The van der Waals surface area contributed by atoms with E-state index in [0.29, 0.717) is 13.0 Å². The van der Waals surface area contributed by atoms with Crippen LogP contribution in [0.3, 0.4) is 0 Å². The molecule has 76 valence electrons. The zero-order chi connectivity index (χ0) is 10.6. The second-order valence-corrected chi connectivity index (χ2v) is 4.20. The molecule has 2 nitrogen and oxygen atoms in total. The van der Waals surface area contributed by atoms with Crippen molar-refractivity contribution in [1.82, 2.24) is 0 Å². The second-order valence-electron chi connectivity index (χ2n) is 3.34. The van der Waals surface area contributed by atoms with Crippen LogP contribution >= 0.6 is 15.9 Å². The maximum atomic E-state index is 10.7. The van der Waals surface area contributed by atoms with Gasteiger partial charge < -0.3 is 5.32 Å². The molecular formula is C11H14BrNO. The van der Waals surface area contributed by atoms with Crippen molar-refractivity contribution < 1.29 is 4.79 Å². The summed E-state index contributed by atoms with van der Waals surface area (Å²) in [6, 6.07) is 6.06. The fraction of sp³-hybridized carbons (Fsp3) is 0.364. The van der Waals surface area contributed by atoms with Gasteiger partial charge in [0.05, 0.1) is 0 Å². The Morgan fingerprint density at radius 3 is 2.79 bits per heavy atom. The number of nitrogens with one attached hydrogen (secondary N) is 1. The largest absolute Gasteiger partial charge is 0.385 e. The summed E-state index contributed by atoms with van der Waals surface area (Å²) in [6.45, 7) is 4.35. The molecule has 0 atom stereocenters. The molecular weight excluding hydrogens is 242 g/mol. The molecule has 14 heavy (non-hydrogen) atoms. The van der Waals surface area contributed by atoms with Crippen molar-refractivity contribution in [2.45, 2.75) is 20.3 Å². The molecule has 1 rings (SSSR count). The van der Waals surface area contributed by atoms with E-state index in [1.165, 1.54) is 5.56 Å². The monoisotopic (exact) mass is 255 g/mol. The van der Waals surface area contributed by atoms with E-state index in [1.54, 1.807) is 6.92 Å². The minimum Gasteiger partial charge on any atom is -0.385 e. The van der Waals surface area contributed by atoms with Crippen molar-refractivity contribution in [1.29, 1.82) is 0 Å². The summed E-state index contributed by atoms with van der Waals surface area (Å²) in [5, 5.41) is 3.20. The Morgan fingerprint density at radius 1 is 1.50 bits per heavy atom. The summed E-state index contributed by atoms with van der Waals surface area (Å²) in [4.78, 5) is 10.7. The van der Waals surface area contributed by atoms with Gasteiger partial charge >= 0.3 is 0 Å². The van der Waals surface area contributed by atoms with E-state index < -0.39 is 0 Å². The van der Waals surface area contributed by atoms with Crippen molar-refractivity contribution in [3.05, 3.63) is 28.2 Å². The Balaban J connectivity index is 2.51. The van der Waals surface area contributed by atoms with E-state index in [4.69, 9.17) is 0 Å². The fourth-order valence-corrected chi connectivity index (χ4v) is 1.38. The van der Waals surface area contributed by atoms with Crippen LogP contribution in [0.5, 0.6) is 0 Å². The van der Waals surface area contributed by atoms with Crippen LogP contribution in [0.1, 0.15) is 18.9 Å². The Morgan fingerprint density at radius 2 is 2.21 bits per heavy atom. The summed E-state index contributed by atoms with van der Waals surface area (Å²) in [6.07, 6.45) is 0.578. The lowest BCUT2D eigenvalue weighted by Crippen LogP contribution is -2.05.